The summed E-state index contributed by atoms with van der Waals surface area (Å²) < 4.78 is 1.88. The maximum absolute atomic E-state index is 4.31. The summed E-state index contributed by atoms with van der Waals surface area (Å²) in [5.74, 6) is 0.768. The molecule has 2 N–H and O–H groups in total. The van der Waals surface area contributed by atoms with Crippen molar-refractivity contribution in [1.29, 1.82) is 0 Å². The van der Waals surface area contributed by atoms with Gasteiger partial charge in [-0.1, -0.05) is 30.3 Å². The molecule has 0 aliphatic carbocycles. The number of fused-ring (bicyclic) bond motifs is 2. The zero-order chi connectivity index (χ0) is 18.5. The summed E-state index contributed by atoms with van der Waals surface area (Å²) in [5.41, 5.74) is 4.43. The molecule has 1 aromatic carbocycles. The normalized spacial score (nSPS) is 10.6. The molecule has 0 fully saturated rings. The highest BCUT2D eigenvalue weighted by Crippen LogP contribution is 2.16. The average Bonchev–Trinajstić information content (AvgIpc) is 3.35. The summed E-state index contributed by atoms with van der Waals surface area (Å²) in [5, 5.41) is 3.29. The molecule has 0 saturated carbocycles. The van der Waals surface area contributed by atoms with Crippen molar-refractivity contribution in [2.24, 2.45) is 7.05 Å². The molecule has 0 unspecified atom stereocenters. The molecule has 134 valence electrons. The number of hydrogen-bond acceptors (Lipinski definition) is 7. The van der Waals surface area contributed by atoms with Crippen LogP contribution in [0.4, 0.5) is 5.82 Å². The van der Waals surface area contributed by atoms with Crippen molar-refractivity contribution < 1.29 is 0 Å². The molecule has 5 rings (SSSR count). The highest BCUT2D eigenvalue weighted by molar-refractivity contribution is 5.82. The zero-order valence-electron chi connectivity index (χ0n) is 14.6. The third-order valence-corrected chi connectivity index (χ3v) is 3.90. The Balaban J connectivity index is 0.000000167. The lowest BCUT2D eigenvalue weighted by molar-refractivity contribution is 0.928. The first kappa shape index (κ1) is 16.6. The van der Waals surface area contributed by atoms with Crippen molar-refractivity contribution in [3.05, 3.63) is 67.4 Å². The molecule has 0 saturated heterocycles. The number of nitrogens with one attached hydrogen (secondary N) is 2. The number of aromatic amines is 1. The molecule has 9 heteroatoms. The molecule has 0 spiro atoms. The van der Waals surface area contributed by atoms with Crippen LogP contribution in [0.3, 0.4) is 0 Å². The topological polar surface area (TPSA) is 110 Å². The second-order valence-corrected chi connectivity index (χ2v) is 5.75. The molecule has 0 atom stereocenters. The van der Waals surface area contributed by atoms with E-state index in [1.807, 2.05) is 29.8 Å². The monoisotopic (exact) mass is 359 g/mol. The quantitative estimate of drug-likeness (QED) is 0.509. The highest BCUT2D eigenvalue weighted by atomic mass is 15.1. The molecule has 4 aromatic heterocycles. The molecule has 5 aromatic rings. The van der Waals surface area contributed by atoms with Crippen LogP contribution in [0, 0.1) is 0 Å². The van der Waals surface area contributed by atoms with E-state index in [0.717, 1.165) is 29.0 Å². The summed E-state index contributed by atoms with van der Waals surface area (Å²) in [6.45, 7) is 0.726. The van der Waals surface area contributed by atoms with Gasteiger partial charge >= 0.3 is 0 Å². The Bertz CT molecular complexity index is 1120. The van der Waals surface area contributed by atoms with Crippen molar-refractivity contribution in [3.8, 4) is 0 Å². The fourth-order valence-electron chi connectivity index (χ4n) is 2.55. The van der Waals surface area contributed by atoms with E-state index in [1.165, 1.54) is 11.9 Å². The molecule has 4 heterocycles. The Labute approximate surface area is 154 Å². The van der Waals surface area contributed by atoms with Crippen LogP contribution in [0.2, 0.25) is 0 Å². The van der Waals surface area contributed by atoms with Gasteiger partial charge in [0, 0.05) is 13.6 Å². The molecule has 0 bridgehead atoms. The van der Waals surface area contributed by atoms with Gasteiger partial charge in [-0.2, -0.15) is 0 Å². The number of nitrogens with zero attached hydrogens (tertiary/aromatic N) is 7. The lowest BCUT2D eigenvalue weighted by atomic mass is 10.2. The van der Waals surface area contributed by atoms with E-state index >= 15 is 0 Å². The number of benzene rings is 1. The largest absolute Gasteiger partial charge is 0.364 e. The Hall–Kier alpha value is -3.88. The average molecular weight is 359 g/mol. The second-order valence-electron chi connectivity index (χ2n) is 5.75. The first-order chi connectivity index (χ1) is 13.3. The Morgan fingerprint density at radius 1 is 1.00 bits per heavy atom. The lowest BCUT2D eigenvalue weighted by Gasteiger charge is -2.05. The first-order valence-electron chi connectivity index (χ1n) is 8.30. The van der Waals surface area contributed by atoms with E-state index in [4.69, 9.17) is 0 Å². The Morgan fingerprint density at radius 2 is 1.89 bits per heavy atom. The SMILES string of the molecule is Cn1cnc2c(NCc3ccccc3)ncnc21.c1ncc2[nH]cnc2n1. The van der Waals surface area contributed by atoms with Gasteiger partial charge in [-0.15, -0.1) is 0 Å². The van der Waals surface area contributed by atoms with Crippen LogP contribution >= 0.6 is 0 Å². The predicted molar refractivity (Wildman–Crippen MR) is 102 cm³/mol. The summed E-state index contributed by atoms with van der Waals surface area (Å²) in [6.07, 6.45) is 8.06. The number of anilines is 1. The number of aryl methyl sites for hydroxylation is 1. The van der Waals surface area contributed by atoms with Crippen LogP contribution in [0.25, 0.3) is 22.3 Å². The molecular weight excluding hydrogens is 342 g/mol. The maximum atomic E-state index is 4.31. The highest BCUT2D eigenvalue weighted by Gasteiger charge is 2.07. The van der Waals surface area contributed by atoms with Gasteiger partial charge in [-0.05, 0) is 5.56 Å². The standard InChI is InChI=1S/C13H13N5.C5H4N4/c1-18-9-17-11-12(15-8-16-13(11)18)14-7-10-5-3-2-4-6-10;1-4-5(8-2-6-1)9-3-7-4/h2-6,8-9H,7H2,1H3,(H,14,15,16);1-3H,(H,6,7,8,9). The fraction of sp³-hybridized carbons (Fsp3) is 0.111. The van der Waals surface area contributed by atoms with Crippen LogP contribution in [-0.2, 0) is 13.6 Å². The van der Waals surface area contributed by atoms with Crippen LogP contribution in [-0.4, -0.2) is 39.5 Å². The van der Waals surface area contributed by atoms with E-state index in [-0.39, 0.29) is 0 Å². The maximum Gasteiger partial charge on any atom is 0.180 e. The fourth-order valence-corrected chi connectivity index (χ4v) is 2.55. The molecule has 27 heavy (non-hydrogen) atoms. The van der Waals surface area contributed by atoms with Crippen molar-refractivity contribution in [2.75, 3.05) is 5.32 Å². The number of H-pyrrole nitrogens is 1. The summed E-state index contributed by atoms with van der Waals surface area (Å²) in [6, 6.07) is 10.2. The third-order valence-electron chi connectivity index (χ3n) is 3.90. The van der Waals surface area contributed by atoms with Gasteiger partial charge in [-0.25, -0.2) is 29.9 Å². The summed E-state index contributed by atoms with van der Waals surface area (Å²) in [7, 11) is 1.92. The second kappa shape index (κ2) is 7.56. The zero-order valence-corrected chi connectivity index (χ0v) is 14.6. The third kappa shape index (κ3) is 3.71. The van der Waals surface area contributed by atoms with Gasteiger partial charge in [0.25, 0.3) is 0 Å². The van der Waals surface area contributed by atoms with E-state index in [9.17, 15) is 0 Å². The van der Waals surface area contributed by atoms with Crippen LogP contribution in [0.1, 0.15) is 5.56 Å². The molecule has 0 aliphatic heterocycles. The van der Waals surface area contributed by atoms with E-state index in [1.54, 1.807) is 25.2 Å². The van der Waals surface area contributed by atoms with Gasteiger partial charge in [0.05, 0.1) is 18.9 Å². The summed E-state index contributed by atoms with van der Waals surface area (Å²) >= 11 is 0. The van der Waals surface area contributed by atoms with Crippen molar-refractivity contribution in [3.63, 3.8) is 0 Å². The molecule has 9 nitrogen and oxygen atoms in total. The summed E-state index contributed by atoms with van der Waals surface area (Å²) in [4.78, 5) is 27.2. The lowest BCUT2D eigenvalue weighted by Crippen LogP contribution is -2.02. The minimum absolute atomic E-state index is 0.713. The van der Waals surface area contributed by atoms with E-state index in [2.05, 4.69) is 52.3 Å². The van der Waals surface area contributed by atoms with Crippen LogP contribution in [0.15, 0.2) is 61.8 Å². The van der Waals surface area contributed by atoms with Crippen LogP contribution in [0.5, 0.6) is 0 Å². The molecular formula is C18H17N9. The van der Waals surface area contributed by atoms with Crippen molar-refractivity contribution in [1.82, 2.24) is 39.5 Å². The predicted octanol–water partition coefficient (Wildman–Crippen LogP) is 2.33. The van der Waals surface area contributed by atoms with E-state index < -0.39 is 0 Å². The van der Waals surface area contributed by atoms with Gasteiger partial charge < -0.3 is 14.9 Å². The molecule has 0 amide bonds. The van der Waals surface area contributed by atoms with Crippen LogP contribution < -0.4 is 5.32 Å². The minimum atomic E-state index is 0.713. The van der Waals surface area contributed by atoms with E-state index in [0.29, 0.717) is 5.65 Å². The van der Waals surface area contributed by atoms with Gasteiger partial charge in [0.1, 0.15) is 23.7 Å². The Morgan fingerprint density at radius 3 is 2.74 bits per heavy atom. The van der Waals surface area contributed by atoms with Gasteiger partial charge in [0.2, 0.25) is 0 Å². The smallest absolute Gasteiger partial charge is 0.180 e. The molecule has 0 aliphatic rings. The Kier molecular flexibility index (Phi) is 4.64. The number of hydrogen-bond donors (Lipinski definition) is 2. The number of rotatable bonds is 3. The first-order valence-corrected chi connectivity index (χ1v) is 8.30. The van der Waals surface area contributed by atoms with Crippen molar-refractivity contribution in [2.45, 2.75) is 6.54 Å². The minimum Gasteiger partial charge on any atom is -0.364 e. The number of imidazole rings is 2. The molecule has 0 radical (unpaired) electrons. The van der Waals surface area contributed by atoms with Gasteiger partial charge in [-0.3, -0.25) is 0 Å². The number of aromatic nitrogens is 8. The van der Waals surface area contributed by atoms with Crippen molar-refractivity contribution >= 4 is 28.1 Å². The van der Waals surface area contributed by atoms with Gasteiger partial charge in [0.15, 0.2) is 17.1 Å².